The predicted octanol–water partition coefficient (Wildman–Crippen LogP) is 3.81. The van der Waals surface area contributed by atoms with E-state index in [-0.39, 0.29) is 17.5 Å². The first-order chi connectivity index (χ1) is 8.81. The lowest BCUT2D eigenvalue weighted by molar-refractivity contribution is -0.0142. The molecule has 0 amide bonds. The highest BCUT2D eigenvalue weighted by molar-refractivity contribution is 6.30. The van der Waals surface area contributed by atoms with Crippen molar-refractivity contribution in [2.75, 3.05) is 13.2 Å². The Labute approximate surface area is 120 Å². The van der Waals surface area contributed by atoms with Gasteiger partial charge in [-0.2, -0.15) is 0 Å². The topological polar surface area (TPSA) is 21.3 Å². The molecule has 0 fully saturated rings. The van der Waals surface area contributed by atoms with Crippen LogP contribution in [0.3, 0.4) is 0 Å². The molecule has 0 saturated heterocycles. The number of nitrogens with one attached hydrogen (secondary N) is 1. The van der Waals surface area contributed by atoms with Crippen molar-refractivity contribution < 1.29 is 9.13 Å². The van der Waals surface area contributed by atoms with Gasteiger partial charge >= 0.3 is 0 Å². The summed E-state index contributed by atoms with van der Waals surface area (Å²) in [5.74, 6) is -0.219. The van der Waals surface area contributed by atoms with Crippen LogP contribution in [0.5, 0.6) is 0 Å². The largest absolute Gasteiger partial charge is 0.374 e. The SMILES string of the molecule is CCNC(COC(C)(C)C)Cc1cc(Cl)ccc1F. The van der Waals surface area contributed by atoms with Gasteiger partial charge in [0.05, 0.1) is 12.2 Å². The van der Waals surface area contributed by atoms with E-state index in [0.29, 0.717) is 23.6 Å². The lowest BCUT2D eigenvalue weighted by Gasteiger charge is -2.25. The van der Waals surface area contributed by atoms with Gasteiger partial charge in [-0.25, -0.2) is 4.39 Å². The van der Waals surface area contributed by atoms with Gasteiger partial charge in [0.1, 0.15) is 5.82 Å². The second-order valence-electron chi connectivity index (χ2n) is 5.62. The lowest BCUT2D eigenvalue weighted by atomic mass is 10.1. The van der Waals surface area contributed by atoms with Gasteiger partial charge in [0, 0.05) is 11.1 Å². The van der Waals surface area contributed by atoms with E-state index in [4.69, 9.17) is 16.3 Å². The molecule has 19 heavy (non-hydrogen) atoms. The van der Waals surface area contributed by atoms with Crippen molar-refractivity contribution in [3.63, 3.8) is 0 Å². The zero-order chi connectivity index (χ0) is 14.5. The first kappa shape index (κ1) is 16.4. The van der Waals surface area contributed by atoms with Crippen LogP contribution in [-0.4, -0.2) is 24.8 Å². The normalized spacial score (nSPS) is 13.6. The Bertz CT molecular complexity index is 404. The highest BCUT2D eigenvalue weighted by atomic mass is 35.5. The standard InChI is InChI=1S/C15H23ClFNO/c1-5-18-13(10-19-15(2,3)4)9-11-8-12(16)6-7-14(11)17/h6-8,13,18H,5,9-10H2,1-4H3. The van der Waals surface area contributed by atoms with Crippen molar-refractivity contribution >= 4 is 11.6 Å². The van der Waals surface area contributed by atoms with Crippen molar-refractivity contribution in [2.45, 2.75) is 45.8 Å². The summed E-state index contributed by atoms with van der Waals surface area (Å²) in [4.78, 5) is 0. The van der Waals surface area contributed by atoms with Gasteiger partial charge in [-0.15, -0.1) is 0 Å². The predicted molar refractivity (Wildman–Crippen MR) is 78.3 cm³/mol. The third-order valence-electron chi connectivity index (χ3n) is 2.68. The molecule has 1 rings (SSSR count). The van der Waals surface area contributed by atoms with Crippen LogP contribution in [0.15, 0.2) is 18.2 Å². The zero-order valence-electron chi connectivity index (χ0n) is 12.1. The number of halogens is 2. The van der Waals surface area contributed by atoms with Gasteiger partial charge in [-0.3, -0.25) is 0 Å². The molecule has 0 bridgehead atoms. The summed E-state index contributed by atoms with van der Waals surface area (Å²) in [5, 5.41) is 3.87. The second kappa shape index (κ2) is 7.22. The molecule has 0 aromatic heterocycles. The molecule has 108 valence electrons. The molecule has 1 atom stereocenters. The highest BCUT2D eigenvalue weighted by Gasteiger charge is 2.16. The smallest absolute Gasteiger partial charge is 0.126 e. The Hall–Kier alpha value is -0.640. The van der Waals surface area contributed by atoms with E-state index in [1.165, 1.54) is 6.07 Å². The van der Waals surface area contributed by atoms with Gasteiger partial charge < -0.3 is 10.1 Å². The number of likely N-dealkylation sites (N-methyl/N-ethyl adjacent to an activating group) is 1. The Kier molecular flexibility index (Phi) is 6.24. The summed E-state index contributed by atoms with van der Waals surface area (Å²) in [6, 6.07) is 4.73. The Morgan fingerprint density at radius 3 is 2.63 bits per heavy atom. The van der Waals surface area contributed by atoms with Crippen LogP contribution in [0.1, 0.15) is 33.3 Å². The molecular weight excluding hydrogens is 265 g/mol. The van der Waals surface area contributed by atoms with Crippen LogP contribution in [0.25, 0.3) is 0 Å². The molecule has 0 saturated carbocycles. The van der Waals surface area contributed by atoms with Crippen molar-refractivity contribution in [1.29, 1.82) is 0 Å². The van der Waals surface area contributed by atoms with Gasteiger partial charge in [0.25, 0.3) is 0 Å². The van der Waals surface area contributed by atoms with E-state index >= 15 is 0 Å². The van der Waals surface area contributed by atoms with Gasteiger partial charge in [-0.1, -0.05) is 18.5 Å². The van der Waals surface area contributed by atoms with E-state index in [9.17, 15) is 4.39 Å². The molecule has 0 aliphatic carbocycles. The Morgan fingerprint density at radius 2 is 2.05 bits per heavy atom. The Morgan fingerprint density at radius 1 is 1.37 bits per heavy atom. The number of rotatable bonds is 6. The van der Waals surface area contributed by atoms with Crippen molar-refractivity contribution in [2.24, 2.45) is 0 Å². The molecule has 1 aromatic carbocycles. The van der Waals surface area contributed by atoms with E-state index < -0.39 is 0 Å². The van der Waals surface area contributed by atoms with Crippen LogP contribution in [0.4, 0.5) is 4.39 Å². The first-order valence-electron chi connectivity index (χ1n) is 6.63. The number of benzene rings is 1. The van der Waals surface area contributed by atoms with Crippen LogP contribution in [-0.2, 0) is 11.2 Å². The molecule has 0 aliphatic heterocycles. The average Bonchev–Trinajstić information content (AvgIpc) is 2.30. The van der Waals surface area contributed by atoms with Gasteiger partial charge in [0.2, 0.25) is 0 Å². The molecule has 4 heteroatoms. The summed E-state index contributed by atoms with van der Waals surface area (Å²) in [6.45, 7) is 9.42. The lowest BCUT2D eigenvalue weighted by Crippen LogP contribution is -2.38. The average molecular weight is 288 g/mol. The molecule has 1 unspecified atom stereocenters. The third-order valence-corrected chi connectivity index (χ3v) is 2.92. The number of hydrogen-bond acceptors (Lipinski definition) is 2. The minimum atomic E-state index is -0.219. The maximum absolute atomic E-state index is 13.7. The van der Waals surface area contributed by atoms with Gasteiger partial charge in [-0.05, 0) is 57.5 Å². The maximum atomic E-state index is 13.7. The summed E-state index contributed by atoms with van der Waals surface area (Å²) < 4.78 is 19.5. The van der Waals surface area contributed by atoms with Crippen molar-refractivity contribution in [1.82, 2.24) is 5.32 Å². The van der Waals surface area contributed by atoms with E-state index in [2.05, 4.69) is 5.32 Å². The van der Waals surface area contributed by atoms with E-state index in [1.807, 2.05) is 27.7 Å². The monoisotopic (exact) mass is 287 g/mol. The van der Waals surface area contributed by atoms with Crippen molar-refractivity contribution in [3.8, 4) is 0 Å². The fraction of sp³-hybridized carbons (Fsp3) is 0.600. The molecule has 0 spiro atoms. The van der Waals surface area contributed by atoms with Crippen LogP contribution in [0, 0.1) is 5.82 Å². The van der Waals surface area contributed by atoms with E-state index in [0.717, 1.165) is 6.54 Å². The molecular formula is C15H23ClFNO. The van der Waals surface area contributed by atoms with Crippen LogP contribution < -0.4 is 5.32 Å². The molecule has 1 aromatic rings. The summed E-state index contributed by atoms with van der Waals surface area (Å²) in [6.07, 6.45) is 0.566. The summed E-state index contributed by atoms with van der Waals surface area (Å²) in [7, 11) is 0. The van der Waals surface area contributed by atoms with Crippen LogP contribution in [0.2, 0.25) is 5.02 Å². The number of ether oxygens (including phenoxy) is 1. The van der Waals surface area contributed by atoms with Gasteiger partial charge in [0.15, 0.2) is 0 Å². The summed E-state index contributed by atoms with van der Waals surface area (Å²) in [5.41, 5.74) is 0.427. The summed E-state index contributed by atoms with van der Waals surface area (Å²) >= 11 is 5.91. The molecule has 2 nitrogen and oxygen atoms in total. The fourth-order valence-corrected chi connectivity index (χ4v) is 1.99. The quantitative estimate of drug-likeness (QED) is 0.859. The maximum Gasteiger partial charge on any atom is 0.126 e. The second-order valence-corrected chi connectivity index (χ2v) is 6.05. The first-order valence-corrected chi connectivity index (χ1v) is 7.01. The zero-order valence-corrected chi connectivity index (χ0v) is 12.9. The molecule has 0 heterocycles. The Balaban J connectivity index is 2.69. The minimum absolute atomic E-state index is 0.0807. The van der Waals surface area contributed by atoms with Crippen LogP contribution >= 0.6 is 11.6 Å². The minimum Gasteiger partial charge on any atom is -0.374 e. The third kappa shape index (κ3) is 6.37. The number of hydrogen-bond donors (Lipinski definition) is 1. The van der Waals surface area contributed by atoms with Crippen molar-refractivity contribution in [3.05, 3.63) is 34.6 Å². The highest BCUT2D eigenvalue weighted by Crippen LogP contribution is 2.17. The molecule has 0 radical (unpaired) electrons. The fourth-order valence-electron chi connectivity index (χ4n) is 1.79. The molecule has 0 aliphatic rings. The van der Waals surface area contributed by atoms with E-state index in [1.54, 1.807) is 12.1 Å². The molecule has 1 N–H and O–H groups in total.